The van der Waals surface area contributed by atoms with Crippen LogP contribution in [0.25, 0.3) is 0 Å². The summed E-state index contributed by atoms with van der Waals surface area (Å²) in [5.41, 5.74) is 1.78. The molecule has 0 saturated heterocycles. The first-order valence-electron chi connectivity index (χ1n) is 4.97. The van der Waals surface area contributed by atoms with Crippen molar-refractivity contribution in [2.75, 3.05) is 7.05 Å². The van der Waals surface area contributed by atoms with Gasteiger partial charge in [-0.25, -0.2) is 4.68 Å². The maximum Gasteiger partial charge on any atom is 0.153 e. The highest BCUT2D eigenvalue weighted by atomic mass is 79.9. The van der Waals surface area contributed by atoms with Gasteiger partial charge in [0.15, 0.2) is 4.60 Å². The van der Waals surface area contributed by atoms with Crippen molar-refractivity contribution in [3.05, 3.63) is 39.3 Å². The first-order chi connectivity index (χ1) is 8.13. The molecular formula is C10H11BrClN5. The van der Waals surface area contributed by atoms with Crippen LogP contribution in [0.2, 0.25) is 5.02 Å². The Kier molecular flexibility index (Phi) is 3.76. The molecule has 0 radical (unpaired) electrons. The normalized spacial score (nSPS) is 12.7. The molecule has 0 fully saturated rings. The fourth-order valence-corrected chi connectivity index (χ4v) is 2.30. The molecule has 0 aliphatic rings. The first-order valence-corrected chi connectivity index (χ1v) is 6.14. The largest absolute Gasteiger partial charge is 0.307 e. The van der Waals surface area contributed by atoms with E-state index in [9.17, 15) is 0 Å². The van der Waals surface area contributed by atoms with E-state index >= 15 is 0 Å². The Balaban J connectivity index is 2.43. The molecule has 0 amide bonds. The van der Waals surface area contributed by atoms with Crippen LogP contribution in [0.15, 0.2) is 22.9 Å². The Hall–Kier alpha value is -0.980. The quantitative estimate of drug-likeness (QED) is 0.940. The van der Waals surface area contributed by atoms with Crippen molar-refractivity contribution in [2.45, 2.75) is 6.04 Å². The zero-order chi connectivity index (χ0) is 12.4. The van der Waals surface area contributed by atoms with Crippen molar-refractivity contribution in [3.8, 4) is 0 Å². The second kappa shape index (κ2) is 5.12. The Bertz CT molecular complexity index is 490. The summed E-state index contributed by atoms with van der Waals surface area (Å²) in [4.78, 5) is 4.30. The topological polar surface area (TPSA) is 55.6 Å². The molecule has 1 atom stereocenters. The van der Waals surface area contributed by atoms with Crippen molar-refractivity contribution in [2.24, 2.45) is 7.05 Å². The maximum atomic E-state index is 5.82. The average molecular weight is 317 g/mol. The van der Waals surface area contributed by atoms with E-state index in [1.54, 1.807) is 10.9 Å². The molecule has 2 aromatic heterocycles. The fraction of sp³-hybridized carbons (Fsp3) is 0.300. The number of aryl methyl sites for hydroxylation is 1. The lowest BCUT2D eigenvalue weighted by molar-refractivity contribution is 0.586. The third-order valence-corrected chi connectivity index (χ3v) is 3.22. The maximum absolute atomic E-state index is 5.82. The smallest absolute Gasteiger partial charge is 0.153 e. The van der Waals surface area contributed by atoms with E-state index in [4.69, 9.17) is 11.6 Å². The predicted octanol–water partition coefficient (Wildman–Crippen LogP) is 1.93. The summed E-state index contributed by atoms with van der Waals surface area (Å²) in [6.45, 7) is 0. The van der Waals surface area contributed by atoms with Gasteiger partial charge in [0.2, 0.25) is 0 Å². The zero-order valence-corrected chi connectivity index (χ0v) is 11.7. The van der Waals surface area contributed by atoms with Crippen LogP contribution in [0.3, 0.4) is 0 Å². The van der Waals surface area contributed by atoms with Gasteiger partial charge in [0, 0.05) is 13.2 Å². The number of aromatic nitrogens is 4. The standard InChI is InChI=1S/C10H11BrClN5/c1-13-8(7-4-3-6(12)5-14-7)9-10(11)15-16-17(9)2/h3-5,8,13H,1-2H3. The van der Waals surface area contributed by atoms with Crippen molar-refractivity contribution >= 4 is 27.5 Å². The van der Waals surface area contributed by atoms with Crippen LogP contribution < -0.4 is 5.32 Å². The third-order valence-electron chi connectivity index (χ3n) is 2.43. The zero-order valence-electron chi connectivity index (χ0n) is 9.35. The molecule has 2 rings (SSSR count). The molecule has 0 saturated carbocycles. The van der Waals surface area contributed by atoms with Gasteiger partial charge < -0.3 is 5.32 Å². The number of hydrogen-bond acceptors (Lipinski definition) is 4. The molecule has 7 heteroatoms. The molecule has 1 N–H and O–H groups in total. The number of pyridine rings is 1. The molecule has 90 valence electrons. The Morgan fingerprint density at radius 2 is 2.24 bits per heavy atom. The van der Waals surface area contributed by atoms with Crippen LogP contribution in [-0.2, 0) is 7.05 Å². The van der Waals surface area contributed by atoms with E-state index in [1.807, 2.05) is 26.2 Å². The van der Waals surface area contributed by atoms with Crippen LogP contribution >= 0.6 is 27.5 Å². The minimum absolute atomic E-state index is 0.0818. The van der Waals surface area contributed by atoms with E-state index in [1.165, 1.54) is 0 Å². The SMILES string of the molecule is CNC(c1ccc(Cl)cn1)c1c(Br)nnn1C. The molecule has 2 aromatic rings. The average Bonchev–Trinajstić information content (AvgIpc) is 2.64. The predicted molar refractivity (Wildman–Crippen MR) is 68.9 cm³/mol. The second-order valence-electron chi connectivity index (χ2n) is 3.51. The second-order valence-corrected chi connectivity index (χ2v) is 4.70. The van der Waals surface area contributed by atoms with Gasteiger partial charge in [0.25, 0.3) is 0 Å². The molecule has 0 aromatic carbocycles. The van der Waals surface area contributed by atoms with Gasteiger partial charge in [-0.2, -0.15) is 0 Å². The van der Waals surface area contributed by atoms with Crippen molar-refractivity contribution in [3.63, 3.8) is 0 Å². The van der Waals surface area contributed by atoms with Gasteiger partial charge in [-0.1, -0.05) is 16.8 Å². The molecule has 0 aliphatic carbocycles. The summed E-state index contributed by atoms with van der Waals surface area (Å²) in [5, 5.41) is 11.7. The van der Waals surface area contributed by atoms with Gasteiger partial charge in [0.05, 0.1) is 22.5 Å². The van der Waals surface area contributed by atoms with Gasteiger partial charge in [-0.05, 0) is 35.1 Å². The van der Waals surface area contributed by atoms with E-state index < -0.39 is 0 Å². The lowest BCUT2D eigenvalue weighted by Crippen LogP contribution is -2.22. The van der Waals surface area contributed by atoms with Gasteiger partial charge in [-0.3, -0.25) is 4.98 Å². The number of hydrogen-bond donors (Lipinski definition) is 1. The number of halogens is 2. The lowest BCUT2D eigenvalue weighted by atomic mass is 10.1. The summed E-state index contributed by atoms with van der Waals surface area (Å²) < 4.78 is 2.41. The van der Waals surface area contributed by atoms with E-state index in [2.05, 4.69) is 36.5 Å². The molecule has 0 bridgehead atoms. The van der Waals surface area contributed by atoms with Crippen molar-refractivity contribution < 1.29 is 0 Å². The summed E-state index contributed by atoms with van der Waals surface area (Å²) in [6.07, 6.45) is 1.62. The number of nitrogens with one attached hydrogen (secondary N) is 1. The minimum atomic E-state index is -0.0818. The summed E-state index contributed by atoms with van der Waals surface area (Å²) in [7, 11) is 3.70. The third kappa shape index (κ3) is 2.48. The Morgan fingerprint density at radius 1 is 1.47 bits per heavy atom. The first kappa shape index (κ1) is 12.5. The summed E-state index contributed by atoms with van der Waals surface area (Å²) in [5.74, 6) is 0. The van der Waals surface area contributed by atoms with E-state index in [0.29, 0.717) is 9.63 Å². The monoisotopic (exact) mass is 315 g/mol. The van der Waals surface area contributed by atoms with Crippen LogP contribution in [0.1, 0.15) is 17.4 Å². The highest BCUT2D eigenvalue weighted by Crippen LogP contribution is 2.25. The molecule has 17 heavy (non-hydrogen) atoms. The summed E-state index contributed by atoms with van der Waals surface area (Å²) >= 11 is 9.21. The molecule has 2 heterocycles. The lowest BCUT2D eigenvalue weighted by Gasteiger charge is -2.15. The molecular weight excluding hydrogens is 306 g/mol. The highest BCUT2D eigenvalue weighted by molar-refractivity contribution is 9.10. The molecule has 0 aliphatic heterocycles. The van der Waals surface area contributed by atoms with Crippen molar-refractivity contribution in [1.82, 2.24) is 25.3 Å². The van der Waals surface area contributed by atoms with Crippen LogP contribution in [0, 0.1) is 0 Å². The fourth-order valence-electron chi connectivity index (χ4n) is 1.63. The van der Waals surface area contributed by atoms with Gasteiger partial charge in [0.1, 0.15) is 0 Å². The highest BCUT2D eigenvalue weighted by Gasteiger charge is 2.21. The van der Waals surface area contributed by atoms with E-state index in [-0.39, 0.29) is 6.04 Å². The molecule has 0 spiro atoms. The minimum Gasteiger partial charge on any atom is -0.307 e. The van der Waals surface area contributed by atoms with Crippen LogP contribution in [0.4, 0.5) is 0 Å². The number of nitrogens with zero attached hydrogens (tertiary/aromatic N) is 4. The van der Waals surface area contributed by atoms with Gasteiger partial charge >= 0.3 is 0 Å². The van der Waals surface area contributed by atoms with Gasteiger partial charge in [-0.15, -0.1) is 5.10 Å². The number of rotatable bonds is 3. The molecule has 1 unspecified atom stereocenters. The summed E-state index contributed by atoms with van der Waals surface area (Å²) in [6, 6.07) is 3.61. The Morgan fingerprint density at radius 3 is 2.71 bits per heavy atom. The molecule has 5 nitrogen and oxygen atoms in total. The van der Waals surface area contributed by atoms with Crippen LogP contribution in [-0.4, -0.2) is 27.0 Å². The van der Waals surface area contributed by atoms with Crippen LogP contribution in [0.5, 0.6) is 0 Å². The Labute approximate surface area is 112 Å². The van der Waals surface area contributed by atoms with Crippen molar-refractivity contribution in [1.29, 1.82) is 0 Å². The van der Waals surface area contributed by atoms with E-state index in [0.717, 1.165) is 11.4 Å².